The van der Waals surface area contributed by atoms with Gasteiger partial charge in [0.25, 0.3) is 0 Å². The number of hydrogen-bond donors (Lipinski definition) is 0. The van der Waals surface area contributed by atoms with Crippen molar-refractivity contribution in [1.29, 1.82) is 5.26 Å². The molecule has 0 aromatic rings. The van der Waals surface area contributed by atoms with E-state index in [1.807, 2.05) is 0 Å². The van der Waals surface area contributed by atoms with Gasteiger partial charge in [-0.1, -0.05) is 65.2 Å². The Kier molecular flexibility index (Phi) is 9.28. The van der Waals surface area contributed by atoms with Gasteiger partial charge in [0, 0.05) is 5.92 Å². The third-order valence-electron chi connectivity index (χ3n) is 6.29. The summed E-state index contributed by atoms with van der Waals surface area (Å²) in [5.74, 6) is 1.46. The van der Waals surface area contributed by atoms with Crippen LogP contribution in [0.5, 0.6) is 0 Å². The lowest BCUT2D eigenvalue weighted by atomic mass is 9.79. The molecule has 0 radical (unpaired) electrons. The molecule has 3 nitrogen and oxygen atoms in total. The molecule has 144 valence electrons. The molecule has 0 atom stereocenters. The maximum absolute atomic E-state index is 9.65. The van der Waals surface area contributed by atoms with Crippen LogP contribution in [0.4, 0.5) is 0 Å². The molecule has 2 aliphatic rings. The fourth-order valence-electron chi connectivity index (χ4n) is 4.42. The zero-order valence-electron chi connectivity index (χ0n) is 16.6. The normalized spacial score (nSPS) is 33.1. The Hall–Kier alpha value is -0.590. The number of hydrogen-bond acceptors (Lipinski definition) is 3. The van der Waals surface area contributed by atoms with E-state index in [-0.39, 0.29) is 6.29 Å². The third kappa shape index (κ3) is 6.57. The van der Waals surface area contributed by atoms with Crippen LogP contribution in [-0.2, 0) is 9.47 Å². The van der Waals surface area contributed by atoms with E-state index < -0.39 is 5.41 Å². The topological polar surface area (TPSA) is 42.2 Å². The van der Waals surface area contributed by atoms with Gasteiger partial charge in [0.05, 0.1) is 19.3 Å². The van der Waals surface area contributed by atoms with E-state index in [2.05, 4.69) is 19.9 Å². The predicted molar refractivity (Wildman–Crippen MR) is 102 cm³/mol. The molecule has 0 unspecified atom stereocenters. The molecule has 0 spiro atoms. The molecule has 1 saturated carbocycles. The average Bonchev–Trinajstić information content (AvgIpc) is 2.67. The second kappa shape index (κ2) is 11.2. The van der Waals surface area contributed by atoms with E-state index in [0.717, 1.165) is 18.8 Å². The van der Waals surface area contributed by atoms with E-state index in [1.165, 1.54) is 70.6 Å². The van der Waals surface area contributed by atoms with Crippen LogP contribution in [0.2, 0.25) is 0 Å². The van der Waals surface area contributed by atoms with Crippen molar-refractivity contribution in [3.05, 3.63) is 0 Å². The highest BCUT2D eigenvalue weighted by Gasteiger charge is 2.40. The fourth-order valence-corrected chi connectivity index (χ4v) is 4.42. The summed E-state index contributed by atoms with van der Waals surface area (Å²) in [6.45, 7) is 5.65. The van der Waals surface area contributed by atoms with Gasteiger partial charge in [-0.25, -0.2) is 0 Å². The Morgan fingerprint density at radius 1 is 0.880 bits per heavy atom. The van der Waals surface area contributed by atoms with Crippen molar-refractivity contribution in [2.75, 3.05) is 13.2 Å². The van der Waals surface area contributed by atoms with Crippen molar-refractivity contribution < 1.29 is 9.47 Å². The highest BCUT2D eigenvalue weighted by Crippen LogP contribution is 2.38. The van der Waals surface area contributed by atoms with Crippen molar-refractivity contribution in [3.8, 4) is 6.07 Å². The van der Waals surface area contributed by atoms with Gasteiger partial charge in [-0.05, 0) is 38.0 Å². The largest absolute Gasteiger partial charge is 0.351 e. The van der Waals surface area contributed by atoms with Gasteiger partial charge in [-0.15, -0.1) is 0 Å². The number of nitrogens with zero attached hydrogens (tertiary/aromatic N) is 1. The summed E-state index contributed by atoms with van der Waals surface area (Å²) in [6, 6.07) is 2.51. The van der Waals surface area contributed by atoms with Crippen LogP contribution in [0.15, 0.2) is 0 Å². The molecule has 0 aromatic heterocycles. The summed E-state index contributed by atoms with van der Waals surface area (Å²) in [5, 5.41) is 9.65. The van der Waals surface area contributed by atoms with Gasteiger partial charge in [0.2, 0.25) is 0 Å². The Morgan fingerprint density at radius 2 is 1.52 bits per heavy atom. The van der Waals surface area contributed by atoms with Crippen LogP contribution in [-0.4, -0.2) is 19.5 Å². The minimum absolute atomic E-state index is 0.0614. The summed E-state index contributed by atoms with van der Waals surface area (Å²) in [4.78, 5) is 0. The molecule has 0 amide bonds. The zero-order valence-corrected chi connectivity index (χ0v) is 16.6. The molecular formula is C22H39NO2. The minimum Gasteiger partial charge on any atom is -0.351 e. The standard InChI is InChI=1S/C22H39NO2/c1-3-5-7-8-9-15-22(16-23)17-24-21(25-18-22)20-13-11-19(12-14-20)10-6-4-2/h19-21H,3-15,17-18H2,1-2H3/t19-,20-,21-,22+. The summed E-state index contributed by atoms with van der Waals surface area (Å²) in [5.41, 5.74) is -0.402. The Balaban J connectivity index is 1.68. The van der Waals surface area contributed by atoms with Crippen molar-refractivity contribution >= 4 is 0 Å². The van der Waals surface area contributed by atoms with Gasteiger partial charge in [0.1, 0.15) is 5.41 Å². The second-order valence-corrected chi connectivity index (χ2v) is 8.47. The maximum Gasteiger partial charge on any atom is 0.160 e. The van der Waals surface area contributed by atoms with Gasteiger partial charge in [0.15, 0.2) is 6.29 Å². The SMILES string of the molecule is CCCCCCC[C@]1(C#N)CO[C@@H]([C@H]2CC[C@H](CCCC)CC2)OC1. The van der Waals surface area contributed by atoms with Crippen LogP contribution >= 0.6 is 0 Å². The summed E-state index contributed by atoms with van der Waals surface area (Å²) in [7, 11) is 0. The summed E-state index contributed by atoms with van der Waals surface area (Å²) >= 11 is 0. The quantitative estimate of drug-likeness (QED) is 0.439. The fraction of sp³-hybridized carbons (Fsp3) is 0.955. The first-order valence-electron chi connectivity index (χ1n) is 10.9. The maximum atomic E-state index is 9.65. The van der Waals surface area contributed by atoms with Crippen LogP contribution < -0.4 is 0 Å². The lowest BCUT2D eigenvalue weighted by Crippen LogP contribution is -2.44. The number of rotatable bonds is 10. The molecule has 1 saturated heterocycles. The van der Waals surface area contributed by atoms with Gasteiger partial charge in [-0.2, -0.15) is 5.26 Å². The molecule has 0 aromatic carbocycles. The lowest BCUT2D eigenvalue weighted by molar-refractivity contribution is -0.244. The van der Waals surface area contributed by atoms with Gasteiger partial charge < -0.3 is 9.47 Å². The van der Waals surface area contributed by atoms with Crippen LogP contribution in [0.25, 0.3) is 0 Å². The monoisotopic (exact) mass is 349 g/mol. The number of unbranched alkanes of at least 4 members (excludes halogenated alkanes) is 5. The molecule has 25 heavy (non-hydrogen) atoms. The van der Waals surface area contributed by atoms with E-state index in [4.69, 9.17) is 9.47 Å². The lowest BCUT2D eigenvalue weighted by Gasteiger charge is -2.40. The summed E-state index contributed by atoms with van der Waals surface area (Å²) in [6.07, 6.45) is 16.2. The molecular weight excluding hydrogens is 310 g/mol. The molecule has 2 rings (SSSR count). The van der Waals surface area contributed by atoms with Crippen molar-refractivity contribution in [3.63, 3.8) is 0 Å². The Morgan fingerprint density at radius 3 is 2.12 bits per heavy atom. The second-order valence-electron chi connectivity index (χ2n) is 8.47. The van der Waals surface area contributed by atoms with Gasteiger partial charge >= 0.3 is 0 Å². The molecule has 1 aliphatic carbocycles. The van der Waals surface area contributed by atoms with Gasteiger partial charge in [-0.3, -0.25) is 0 Å². The zero-order chi connectivity index (χ0) is 18.0. The third-order valence-corrected chi connectivity index (χ3v) is 6.29. The van der Waals surface area contributed by atoms with Crippen molar-refractivity contribution in [2.24, 2.45) is 17.3 Å². The molecule has 0 bridgehead atoms. The van der Waals surface area contributed by atoms with E-state index in [9.17, 15) is 5.26 Å². The molecule has 1 heterocycles. The first-order valence-corrected chi connectivity index (χ1v) is 10.9. The molecule has 1 aliphatic heterocycles. The molecule has 2 fully saturated rings. The highest BCUT2D eigenvalue weighted by atomic mass is 16.7. The van der Waals surface area contributed by atoms with E-state index >= 15 is 0 Å². The van der Waals surface area contributed by atoms with Crippen LogP contribution in [0.3, 0.4) is 0 Å². The van der Waals surface area contributed by atoms with Crippen LogP contribution in [0, 0.1) is 28.6 Å². The number of nitriles is 1. The van der Waals surface area contributed by atoms with E-state index in [0.29, 0.717) is 19.1 Å². The molecule has 0 N–H and O–H groups in total. The number of ether oxygens (including phenoxy) is 2. The average molecular weight is 350 g/mol. The van der Waals surface area contributed by atoms with Crippen molar-refractivity contribution in [1.82, 2.24) is 0 Å². The predicted octanol–water partition coefficient (Wildman–Crippen LogP) is 6.23. The first kappa shape index (κ1) is 20.7. The smallest absolute Gasteiger partial charge is 0.160 e. The Bertz CT molecular complexity index is 387. The highest BCUT2D eigenvalue weighted by molar-refractivity contribution is 5.00. The molecule has 3 heteroatoms. The van der Waals surface area contributed by atoms with Crippen LogP contribution in [0.1, 0.15) is 97.3 Å². The first-order chi connectivity index (χ1) is 12.2. The van der Waals surface area contributed by atoms with Crippen molar-refractivity contribution in [2.45, 2.75) is 104 Å². The Labute approximate surface area is 155 Å². The van der Waals surface area contributed by atoms with E-state index in [1.54, 1.807) is 0 Å². The summed E-state index contributed by atoms with van der Waals surface area (Å²) < 4.78 is 12.1. The minimum atomic E-state index is -0.402.